The van der Waals surface area contributed by atoms with Crippen molar-refractivity contribution < 1.29 is 9.53 Å². The van der Waals surface area contributed by atoms with Crippen LogP contribution in [0.5, 0.6) is 11.5 Å². The fraction of sp³-hybridized carbons (Fsp3) is 0.0952. The number of carbonyl (C=O) groups is 1. The molecule has 9 heteroatoms. The summed E-state index contributed by atoms with van der Waals surface area (Å²) in [5.41, 5.74) is 2.56. The molecule has 0 saturated carbocycles. The first-order valence-electron chi connectivity index (χ1n) is 8.95. The van der Waals surface area contributed by atoms with Gasteiger partial charge in [-0.1, -0.05) is 11.6 Å². The first-order chi connectivity index (χ1) is 14.4. The summed E-state index contributed by atoms with van der Waals surface area (Å²) < 4.78 is 8.73. The lowest BCUT2D eigenvalue weighted by molar-refractivity contribution is -0.107. The quantitative estimate of drug-likeness (QED) is 0.364. The van der Waals surface area contributed by atoms with Crippen molar-refractivity contribution in [3.05, 3.63) is 64.2 Å². The second-order valence-corrected chi connectivity index (χ2v) is 7.83. The van der Waals surface area contributed by atoms with Crippen LogP contribution in [0.25, 0.3) is 11.0 Å². The summed E-state index contributed by atoms with van der Waals surface area (Å²) in [6.07, 6.45) is 2.29. The van der Waals surface area contributed by atoms with E-state index in [2.05, 4.69) is 31.2 Å². The van der Waals surface area contributed by atoms with Crippen LogP contribution in [0.3, 0.4) is 0 Å². The van der Waals surface area contributed by atoms with Crippen LogP contribution in [-0.2, 0) is 11.8 Å². The van der Waals surface area contributed by atoms with E-state index in [0.717, 1.165) is 21.2 Å². The normalized spacial score (nSPS) is 10.8. The van der Waals surface area contributed by atoms with Crippen molar-refractivity contribution in [3.63, 3.8) is 0 Å². The number of hydrogen-bond acceptors (Lipinski definition) is 5. The molecular weight excluding hydrogens is 470 g/mol. The van der Waals surface area contributed by atoms with Gasteiger partial charge in [0.1, 0.15) is 17.3 Å². The SMILES string of the molecule is CN(C=O)c1cc(Oc2ccc3c(c2)nc(Nc2ccc(Br)c(Cl)c2)n3C)ccn1. The summed E-state index contributed by atoms with van der Waals surface area (Å²) in [4.78, 5) is 21.1. The van der Waals surface area contributed by atoms with Gasteiger partial charge in [0.2, 0.25) is 12.4 Å². The number of amides is 1. The van der Waals surface area contributed by atoms with Gasteiger partial charge in [0, 0.05) is 42.6 Å². The van der Waals surface area contributed by atoms with Gasteiger partial charge in [0.25, 0.3) is 0 Å². The van der Waals surface area contributed by atoms with Crippen molar-refractivity contribution in [3.8, 4) is 11.5 Å². The average Bonchev–Trinajstić information content (AvgIpc) is 3.05. The molecule has 0 unspecified atom stereocenters. The second kappa shape index (κ2) is 8.33. The number of nitrogens with zero attached hydrogens (tertiary/aromatic N) is 4. The molecule has 0 aliphatic rings. The van der Waals surface area contributed by atoms with Gasteiger partial charge in [-0.3, -0.25) is 4.79 Å². The van der Waals surface area contributed by atoms with Gasteiger partial charge in [-0.05, 0) is 52.3 Å². The van der Waals surface area contributed by atoms with Crippen molar-refractivity contribution in [2.75, 3.05) is 17.3 Å². The molecule has 2 aromatic heterocycles. The molecule has 0 atom stereocenters. The van der Waals surface area contributed by atoms with Crippen LogP contribution in [-0.4, -0.2) is 28.0 Å². The van der Waals surface area contributed by atoms with Gasteiger partial charge >= 0.3 is 0 Å². The number of benzene rings is 2. The summed E-state index contributed by atoms with van der Waals surface area (Å²) >= 11 is 9.57. The molecule has 0 spiro atoms. The minimum absolute atomic E-state index is 0.501. The molecule has 30 heavy (non-hydrogen) atoms. The molecular formula is C21H17BrClN5O2. The number of anilines is 3. The molecule has 4 aromatic rings. The van der Waals surface area contributed by atoms with Crippen molar-refractivity contribution in [2.24, 2.45) is 7.05 Å². The predicted molar refractivity (Wildman–Crippen MR) is 122 cm³/mol. The zero-order chi connectivity index (χ0) is 21.3. The second-order valence-electron chi connectivity index (χ2n) is 6.57. The first-order valence-corrected chi connectivity index (χ1v) is 10.1. The lowest BCUT2D eigenvalue weighted by Gasteiger charge is -2.11. The summed E-state index contributed by atoms with van der Waals surface area (Å²) in [7, 11) is 3.56. The largest absolute Gasteiger partial charge is 0.457 e. The Kier molecular flexibility index (Phi) is 5.61. The molecule has 0 saturated heterocycles. The van der Waals surface area contributed by atoms with Crippen molar-refractivity contribution in [1.29, 1.82) is 0 Å². The van der Waals surface area contributed by atoms with Crippen molar-refractivity contribution in [1.82, 2.24) is 14.5 Å². The van der Waals surface area contributed by atoms with E-state index >= 15 is 0 Å². The molecule has 4 rings (SSSR count). The number of aryl methyl sites for hydroxylation is 1. The van der Waals surface area contributed by atoms with E-state index in [4.69, 9.17) is 16.3 Å². The highest BCUT2D eigenvalue weighted by atomic mass is 79.9. The molecule has 1 amide bonds. The third-order valence-electron chi connectivity index (χ3n) is 4.50. The number of pyridine rings is 1. The maximum absolute atomic E-state index is 10.9. The van der Waals surface area contributed by atoms with Crippen LogP contribution in [0.4, 0.5) is 17.5 Å². The monoisotopic (exact) mass is 485 g/mol. The number of hydrogen-bond donors (Lipinski definition) is 1. The summed E-state index contributed by atoms with van der Waals surface area (Å²) in [5.74, 6) is 2.39. The Bertz CT molecular complexity index is 1240. The lowest BCUT2D eigenvalue weighted by atomic mass is 10.3. The van der Waals surface area contributed by atoms with Gasteiger partial charge in [0.05, 0.1) is 16.1 Å². The Morgan fingerprint density at radius 2 is 1.97 bits per heavy atom. The zero-order valence-electron chi connectivity index (χ0n) is 16.1. The molecule has 152 valence electrons. The highest BCUT2D eigenvalue weighted by Crippen LogP contribution is 2.30. The number of ether oxygens (including phenoxy) is 1. The summed E-state index contributed by atoms with van der Waals surface area (Å²) in [6.45, 7) is 0. The van der Waals surface area contributed by atoms with E-state index in [1.807, 2.05) is 48.0 Å². The van der Waals surface area contributed by atoms with Gasteiger partial charge < -0.3 is 19.5 Å². The first kappa shape index (κ1) is 20.2. The van der Waals surface area contributed by atoms with Crippen LogP contribution in [0.2, 0.25) is 5.02 Å². The standard InChI is InChI=1S/C21H17BrClN5O2/c1-27(12-29)20-11-15(7-8-24-20)30-14-4-6-19-18(10-14)26-21(28(19)2)25-13-3-5-16(22)17(23)9-13/h3-12H,1-2H3,(H,25,26). The Morgan fingerprint density at radius 1 is 1.17 bits per heavy atom. The maximum atomic E-state index is 10.9. The number of fused-ring (bicyclic) bond motifs is 1. The average molecular weight is 487 g/mol. The smallest absolute Gasteiger partial charge is 0.215 e. The van der Waals surface area contributed by atoms with Crippen LogP contribution in [0.1, 0.15) is 0 Å². The van der Waals surface area contributed by atoms with Crippen molar-refractivity contribution >= 4 is 62.4 Å². The minimum Gasteiger partial charge on any atom is -0.457 e. The molecule has 7 nitrogen and oxygen atoms in total. The number of rotatable bonds is 6. The Hall–Kier alpha value is -3.10. The molecule has 2 aromatic carbocycles. The topological polar surface area (TPSA) is 72.3 Å². The van der Waals surface area contributed by atoms with Crippen molar-refractivity contribution in [2.45, 2.75) is 0 Å². The lowest BCUT2D eigenvalue weighted by Crippen LogP contribution is -2.14. The predicted octanol–water partition coefficient (Wildman–Crippen LogP) is 5.51. The van der Waals surface area contributed by atoms with Crippen LogP contribution in [0.15, 0.2) is 59.2 Å². The summed E-state index contributed by atoms with van der Waals surface area (Å²) in [6, 6.07) is 14.7. The molecule has 0 bridgehead atoms. The molecule has 0 aliphatic heterocycles. The van der Waals surface area contributed by atoms with E-state index in [1.165, 1.54) is 4.90 Å². The number of halogens is 2. The number of nitrogens with one attached hydrogen (secondary N) is 1. The van der Waals surface area contributed by atoms with E-state index in [9.17, 15) is 4.79 Å². The number of aromatic nitrogens is 3. The minimum atomic E-state index is 0.501. The Morgan fingerprint density at radius 3 is 2.73 bits per heavy atom. The number of carbonyl (C=O) groups excluding carboxylic acids is 1. The highest BCUT2D eigenvalue weighted by molar-refractivity contribution is 9.10. The van der Waals surface area contributed by atoms with Gasteiger partial charge in [-0.15, -0.1) is 0 Å². The maximum Gasteiger partial charge on any atom is 0.215 e. The zero-order valence-corrected chi connectivity index (χ0v) is 18.5. The van der Waals surface area contributed by atoms with Gasteiger partial charge in [0.15, 0.2) is 0 Å². The fourth-order valence-electron chi connectivity index (χ4n) is 2.90. The third kappa shape index (κ3) is 4.10. The Balaban J connectivity index is 1.60. The molecule has 0 aliphatic carbocycles. The molecule has 0 fully saturated rings. The van der Waals surface area contributed by atoms with Crippen LogP contribution >= 0.6 is 27.5 Å². The van der Waals surface area contributed by atoms with E-state index in [1.54, 1.807) is 25.4 Å². The molecule has 0 radical (unpaired) electrons. The highest BCUT2D eigenvalue weighted by Gasteiger charge is 2.11. The third-order valence-corrected chi connectivity index (χ3v) is 5.73. The van der Waals surface area contributed by atoms with Gasteiger partial charge in [-0.25, -0.2) is 9.97 Å². The summed E-state index contributed by atoms with van der Waals surface area (Å²) in [5, 5.41) is 3.90. The molecule has 1 N–H and O–H groups in total. The molecule has 2 heterocycles. The van der Waals surface area contributed by atoms with E-state index in [0.29, 0.717) is 34.7 Å². The van der Waals surface area contributed by atoms with E-state index < -0.39 is 0 Å². The van der Waals surface area contributed by atoms with Gasteiger partial charge in [-0.2, -0.15) is 0 Å². The number of imidazole rings is 1. The van der Waals surface area contributed by atoms with Crippen LogP contribution < -0.4 is 15.0 Å². The fourth-order valence-corrected chi connectivity index (χ4v) is 3.33. The van der Waals surface area contributed by atoms with Crippen LogP contribution in [0, 0.1) is 0 Å². The Labute approximate surface area is 186 Å². The van der Waals surface area contributed by atoms with E-state index in [-0.39, 0.29) is 0 Å².